The molecule has 19 heavy (non-hydrogen) atoms. The second kappa shape index (κ2) is 7.02. The third-order valence-electron chi connectivity index (χ3n) is 3.77. The third kappa shape index (κ3) is 3.48. The Morgan fingerprint density at radius 2 is 2.05 bits per heavy atom. The van der Waals surface area contributed by atoms with Gasteiger partial charge in [-0.1, -0.05) is 30.7 Å². The molecule has 0 aliphatic carbocycles. The van der Waals surface area contributed by atoms with Crippen molar-refractivity contribution in [1.29, 1.82) is 0 Å². The molecule has 106 valence electrons. The van der Waals surface area contributed by atoms with Gasteiger partial charge in [0.1, 0.15) is 0 Å². The lowest BCUT2D eigenvalue weighted by atomic mass is 9.95. The van der Waals surface area contributed by atoms with Crippen LogP contribution >= 0.6 is 23.5 Å². The van der Waals surface area contributed by atoms with Crippen LogP contribution in [-0.2, 0) is 0 Å². The molecule has 0 bridgehead atoms. The Morgan fingerprint density at radius 3 is 2.74 bits per heavy atom. The predicted octanol–water partition coefficient (Wildman–Crippen LogP) is 3.44. The van der Waals surface area contributed by atoms with Gasteiger partial charge in [0.2, 0.25) is 0 Å². The second-order valence-electron chi connectivity index (χ2n) is 5.16. The summed E-state index contributed by atoms with van der Waals surface area (Å²) in [6.45, 7) is 6.62. The van der Waals surface area contributed by atoms with Crippen molar-refractivity contribution in [2.24, 2.45) is 5.84 Å². The highest BCUT2D eigenvalue weighted by molar-refractivity contribution is 8.07. The van der Waals surface area contributed by atoms with E-state index in [2.05, 4.69) is 67.9 Å². The van der Waals surface area contributed by atoms with Crippen LogP contribution < -0.4 is 11.3 Å². The summed E-state index contributed by atoms with van der Waals surface area (Å²) in [6.07, 6.45) is 1.21. The molecular formula is C15H24N2S2. The molecule has 0 aromatic heterocycles. The van der Waals surface area contributed by atoms with Crippen molar-refractivity contribution in [1.82, 2.24) is 5.43 Å². The van der Waals surface area contributed by atoms with Gasteiger partial charge in [-0.2, -0.15) is 23.5 Å². The lowest BCUT2D eigenvalue weighted by Crippen LogP contribution is -2.42. The first-order valence-corrected chi connectivity index (χ1v) is 9.03. The van der Waals surface area contributed by atoms with Gasteiger partial charge < -0.3 is 0 Å². The third-order valence-corrected chi connectivity index (χ3v) is 7.12. The van der Waals surface area contributed by atoms with E-state index in [-0.39, 0.29) is 6.04 Å². The molecule has 4 heteroatoms. The van der Waals surface area contributed by atoms with E-state index in [9.17, 15) is 0 Å². The standard InChI is InChI=1S/C15H24N2S2/c1-4-13-15(19-8-7-18-13)14(17-16)12-9-10(2)5-6-11(12)3/h5-6,9,13-15,17H,4,7-8,16H2,1-3H3. The summed E-state index contributed by atoms with van der Waals surface area (Å²) in [4.78, 5) is 0. The molecule has 2 nitrogen and oxygen atoms in total. The number of thioether (sulfide) groups is 2. The predicted molar refractivity (Wildman–Crippen MR) is 88.8 cm³/mol. The van der Waals surface area contributed by atoms with E-state index >= 15 is 0 Å². The van der Waals surface area contributed by atoms with Crippen LogP contribution in [0.15, 0.2) is 18.2 Å². The molecule has 1 aromatic carbocycles. The molecule has 1 fully saturated rings. The maximum atomic E-state index is 5.90. The second-order valence-corrected chi connectivity index (χ2v) is 7.79. The fourth-order valence-corrected chi connectivity index (χ4v) is 5.93. The van der Waals surface area contributed by atoms with E-state index in [1.807, 2.05) is 0 Å². The van der Waals surface area contributed by atoms with Gasteiger partial charge >= 0.3 is 0 Å². The molecule has 3 N–H and O–H groups in total. The average molecular weight is 297 g/mol. The first-order valence-electron chi connectivity index (χ1n) is 6.93. The SMILES string of the molecule is CCC1SCCSC1C(NN)c1cc(C)ccc1C. The van der Waals surface area contributed by atoms with Crippen LogP contribution in [0.25, 0.3) is 0 Å². The lowest BCUT2D eigenvalue weighted by molar-refractivity contribution is 0.511. The molecular weight excluding hydrogens is 272 g/mol. The Bertz CT molecular complexity index is 423. The van der Waals surface area contributed by atoms with Crippen molar-refractivity contribution in [2.75, 3.05) is 11.5 Å². The van der Waals surface area contributed by atoms with Gasteiger partial charge in [-0.3, -0.25) is 11.3 Å². The molecule has 0 spiro atoms. The molecule has 2 rings (SSSR count). The van der Waals surface area contributed by atoms with Crippen molar-refractivity contribution in [3.8, 4) is 0 Å². The summed E-state index contributed by atoms with van der Waals surface area (Å²) in [7, 11) is 0. The van der Waals surface area contributed by atoms with E-state index in [0.717, 1.165) is 0 Å². The summed E-state index contributed by atoms with van der Waals surface area (Å²) in [5, 5.41) is 1.26. The highest BCUT2D eigenvalue weighted by Gasteiger charge is 2.33. The first kappa shape index (κ1) is 15.2. The molecule has 1 aromatic rings. The average Bonchev–Trinajstić information content (AvgIpc) is 2.44. The minimum atomic E-state index is 0.252. The number of hydrogen-bond donors (Lipinski definition) is 2. The van der Waals surface area contributed by atoms with E-state index < -0.39 is 0 Å². The van der Waals surface area contributed by atoms with Gasteiger partial charge in [0.15, 0.2) is 0 Å². The zero-order valence-corrected chi connectivity index (χ0v) is 13.6. The van der Waals surface area contributed by atoms with Crippen LogP contribution in [0.1, 0.15) is 36.1 Å². The summed E-state index contributed by atoms with van der Waals surface area (Å²) < 4.78 is 0. The van der Waals surface area contributed by atoms with Crippen molar-refractivity contribution < 1.29 is 0 Å². The molecule has 0 radical (unpaired) electrons. The first-order chi connectivity index (χ1) is 9.17. The number of hydrazine groups is 1. The van der Waals surface area contributed by atoms with Gasteiger partial charge in [-0.25, -0.2) is 0 Å². The maximum absolute atomic E-state index is 5.90. The zero-order chi connectivity index (χ0) is 13.8. The minimum Gasteiger partial charge on any atom is -0.271 e. The Hall–Kier alpha value is -0.160. The topological polar surface area (TPSA) is 38.0 Å². The normalized spacial score (nSPS) is 25.3. The zero-order valence-electron chi connectivity index (χ0n) is 12.0. The van der Waals surface area contributed by atoms with Crippen molar-refractivity contribution >= 4 is 23.5 Å². The van der Waals surface area contributed by atoms with Crippen LogP contribution in [-0.4, -0.2) is 22.0 Å². The van der Waals surface area contributed by atoms with Crippen molar-refractivity contribution in [3.63, 3.8) is 0 Å². The number of nitrogens with two attached hydrogens (primary N) is 1. The Balaban J connectivity index is 2.29. The quantitative estimate of drug-likeness (QED) is 0.659. The number of benzene rings is 1. The molecule has 3 atom stereocenters. The van der Waals surface area contributed by atoms with Crippen LogP contribution in [0, 0.1) is 13.8 Å². The van der Waals surface area contributed by atoms with Crippen molar-refractivity contribution in [3.05, 3.63) is 34.9 Å². The van der Waals surface area contributed by atoms with Crippen LogP contribution in [0.4, 0.5) is 0 Å². The summed E-state index contributed by atoms with van der Waals surface area (Å²) in [5.74, 6) is 8.40. The number of aryl methyl sites for hydroxylation is 2. The Labute approximate surface area is 125 Å². The maximum Gasteiger partial charge on any atom is 0.0592 e. The molecule has 1 saturated heterocycles. The number of rotatable bonds is 4. The fraction of sp³-hybridized carbons (Fsp3) is 0.600. The number of hydrogen-bond acceptors (Lipinski definition) is 4. The molecule has 0 saturated carbocycles. The highest BCUT2D eigenvalue weighted by atomic mass is 32.2. The van der Waals surface area contributed by atoms with Gasteiger partial charge in [-0.15, -0.1) is 0 Å². The number of nitrogens with one attached hydrogen (secondary N) is 1. The van der Waals surface area contributed by atoms with Crippen LogP contribution in [0.5, 0.6) is 0 Å². The van der Waals surface area contributed by atoms with Crippen LogP contribution in [0.2, 0.25) is 0 Å². The van der Waals surface area contributed by atoms with Gasteiger partial charge in [0.25, 0.3) is 0 Å². The van der Waals surface area contributed by atoms with E-state index in [1.165, 1.54) is 34.6 Å². The van der Waals surface area contributed by atoms with Crippen molar-refractivity contribution in [2.45, 2.75) is 43.7 Å². The van der Waals surface area contributed by atoms with Crippen LogP contribution in [0.3, 0.4) is 0 Å². The van der Waals surface area contributed by atoms with Gasteiger partial charge in [0.05, 0.1) is 6.04 Å². The molecule has 0 amide bonds. The summed E-state index contributed by atoms with van der Waals surface area (Å²) in [5.41, 5.74) is 7.09. The Morgan fingerprint density at radius 1 is 1.32 bits per heavy atom. The van der Waals surface area contributed by atoms with E-state index in [4.69, 9.17) is 5.84 Å². The van der Waals surface area contributed by atoms with Gasteiger partial charge in [-0.05, 0) is 31.4 Å². The Kier molecular flexibility index (Phi) is 5.63. The summed E-state index contributed by atoms with van der Waals surface area (Å²) >= 11 is 4.18. The monoisotopic (exact) mass is 296 g/mol. The van der Waals surface area contributed by atoms with E-state index in [0.29, 0.717) is 10.5 Å². The smallest absolute Gasteiger partial charge is 0.0592 e. The fourth-order valence-electron chi connectivity index (χ4n) is 2.70. The summed E-state index contributed by atoms with van der Waals surface area (Å²) in [6, 6.07) is 6.91. The molecule has 3 unspecified atom stereocenters. The highest BCUT2D eigenvalue weighted by Crippen LogP contribution is 2.40. The van der Waals surface area contributed by atoms with E-state index in [1.54, 1.807) is 0 Å². The van der Waals surface area contributed by atoms with Gasteiger partial charge in [0, 0.05) is 22.0 Å². The molecule has 1 heterocycles. The molecule has 1 aliphatic heterocycles. The minimum absolute atomic E-state index is 0.252. The largest absolute Gasteiger partial charge is 0.271 e. The molecule has 1 aliphatic rings. The lowest BCUT2D eigenvalue weighted by Gasteiger charge is -2.36.